The quantitative estimate of drug-likeness (QED) is 0.656. The second kappa shape index (κ2) is 6.87. The monoisotopic (exact) mass is 322 g/mol. The summed E-state index contributed by atoms with van der Waals surface area (Å²) in [4.78, 5) is 4.63. The fourth-order valence-corrected chi connectivity index (χ4v) is 3.39. The van der Waals surface area contributed by atoms with Gasteiger partial charge in [-0.1, -0.05) is 26.0 Å². The molecule has 1 aromatic carbocycles. The van der Waals surface area contributed by atoms with Crippen molar-refractivity contribution in [2.45, 2.75) is 31.6 Å². The third-order valence-corrected chi connectivity index (χ3v) is 5.44. The van der Waals surface area contributed by atoms with Crippen molar-refractivity contribution in [3.63, 3.8) is 0 Å². The highest BCUT2D eigenvalue weighted by Gasteiger charge is 2.11. The van der Waals surface area contributed by atoms with Gasteiger partial charge in [0.05, 0.1) is 11.1 Å². The van der Waals surface area contributed by atoms with Gasteiger partial charge >= 0.3 is 0 Å². The zero-order valence-corrected chi connectivity index (χ0v) is 13.7. The first-order chi connectivity index (χ1) is 10.0. The normalized spacial score (nSPS) is 11.9. The lowest BCUT2D eigenvalue weighted by atomic mass is 10.2. The molecule has 6 heteroatoms. The molecule has 0 spiro atoms. The van der Waals surface area contributed by atoms with Gasteiger partial charge in [-0.25, -0.2) is 4.83 Å². The summed E-state index contributed by atoms with van der Waals surface area (Å²) >= 11 is 1.60. The molecule has 0 amide bonds. The molecule has 1 N–H and O–H groups in total. The molecule has 0 unspecified atom stereocenters. The number of nitrogens with one attached hydrogen (secondary N) is 1. The van der Waals surface area contributed by atoms with Crippen LogP contribution < -0.4 is 4.83 Å². The molecule has 1 heterocycles. The molecule has 0 fully saturated rings. The van der Waals surface area contributed by atoms with Crippen LogP contribution in [0.15, 0.2) is 46.4 Å². The molecule has 0 atom stereocenters. The maximum atomic E-state index is 12.1. The van der Waals surface area contributed by atoms with Crippen molar-refractivity contribution >= 4 is 27.6 Å². The third-order valence-electron chi connectivity index (χ3n) is 3.04. The van der Waals surface area contributed by atoms with E-state index in [1.807, 2.05) is 31.2 Å². The van der Waals surface area contributed by atoms with Gasteiger partial charge in [-0.3, -0.25) is 0 Å². The van der Waals surface area contributed by atoms with Gasteiger partial charge < -0.3 is 0 Å². The summed E-state index contributed by atoms with van der Waals surface area (Å²) in [5.41, 5.74) is 1.10. The zero-order valence-electron chi connectivity index (χ0n) is 12.0. The van der Waals surface area contributed by atoms with Gasteiger partial charge in [0.1, 0.15) is 0 Å². The van der Waals surface area contributed by atoms with E-state index >= 15 is 0 Å². The summed E-state index contributed by atoms with van der Waals surface area (Å²) in [5, 5.41) is 3.83. The van der Waals surface area contributed by atoms with E-state index in [-0.39, 0.29) is 4.90 Å². The van der Waals surface area contributed by atoms with Crippen LogP contribution in [-0.4, -0.2) is 14.6 Å². The first-order valence-corrected chi connectivity index (χ1v) is 9.07. The maximum Gasteiger partial charge on any atom is 0.276 e. The van der Waals surface area contributed by atoms with E-state index in [0.717, 1.165) is 23.3 Å². The first kappa shape index (κ1) is 15.7. The Morgan fingerprint density at radius 2 is 1.81 bits per heavy atom. The standard InChI is InChI=1S/C15H18N2O2S2/c1-3-12-5-9-15(10-6-12)21(18,19)17-16-11-14-8-7-13(4-2)20-14/h5-11,17H,3-4H2,1-2H3/b16-11+. The Kier molecular flexibility index (Phi) is 5.14. The second-order valence-electron chi connectivity index (χ2n) is 4.51. The molecule has 1 aromatic heterocycles. The number of hydrogen-bond donors (Lipinski definition) is 1. The van der Waals surface area contributed by atoms with Crippen LogP contribution in [-0.2, 0) is 22.9 Å². The van der Waals surface area contributed by atoms with Crippen molar-refractivity contribution in [3.8, 4) is 0 Å². The first-order valence-electron chi connectivity index (χ1n) is 6.77. The molecule has 2 aromatic rings. The summed E-state index contributed by atoms with van der Waals surface area (Å²) in [6.07, 6.45) is 3.37. The Morgan fingerprint density at radius 3 is 2.38 bits per heavy atom. The summed E-state index contributed by atoms with van der Waals surface area (Å²) in [6, 6.07) is 10.8. The van der Waals surface area contributed by atoms with E-state index < -0.39 is 10.0 Å². The molecule has 21 heavy (non-hydrogen) atoms. The molecule has 0 saturated carbocycles. The highest BCUT2D eigenvalue weighted by molar-refractivity contribution is 7.89. The largest absolute Gasteiger partial charge is 0.276 e. The smallest absolute Gasteiger partial charge is 0.200 e. The third kappa shape index (κ3) is 4.15. The van der Waals surface area contributed by atoms with Crippen LogP contribution in [0.25, 0.3) is 0 Å². The molecular formula is C15H18N2O2S2. The van der Waals surface area contributed by atoms with Crippen molar-refractivity contribution in [1.82, 2.24) is 4.83 Å². The van der Waals surface area contributed by atoms with E-state index in [1.54, 1.807) is 23.5 Å². The Bertz CT molecular complexity index is 716. The average molecular weight is 322 g/mol. The summed E-state index contributed by atoms with van der Waals surface area (Å²) in [6.45, 7) is 4.10. The molecule has 0 aliphatic rings. The number of nitrogens with zero attached hydrogens (tertiary/aromatic N) is 1. The van der Waals surface area contributed by atoms with Crippen molar-refractivity contribution in [2.24, 2.45) is 5.10 Å². The minimum atomic E-state index is -3.60. The Hall–Kier alpha value is -1.66. The summed E-state index contributed by atoms with van der Waals surface area (Å²) in [7, 11) is -3.60. The molecular weight excluding hydrogens is 304 g/mol. The van der Waals surface area contributed by atoms with Crippen molar-refractivity contribution in [2.75, 3.05) is 0 Å². The van der Waals surface area contributed by atoms with Crippen LogP contribution in [0.4, 0.5) is 0 Å². The molecule has 2 rings (SSSR count). The summed E-state index contributed by atoms with van der Waals surface area (Å²) in [5.74, 6) is 0. The number of benzene rings is 1. The summed E-state index contributed by atoms with van der Waals surface area (Å²) < 4.78 is 24.1. The minimum absolute atomic E-state index is 0.220. The highest BCUT2D eigenvalue weighted by Crippen LogP contribution is 2.15. The Labute approximate surface area is 129 Å². The molecule has 0 aliphatic heterocycles. The molecule has 112 valence electrons. The minimum Gasteiger partial charge on any atom is -0.200 e. The van der Waals surface area contributed by atoms with Crippen molar-refractivity contribution in [3.05, 3.63) is 51.7 Å². The van der Waals surface area contributed by atoms with Gasteiger partial charge in [0.25, 0.3) is 10.0 Å². The second-order valence-corrected chi connectivity index (χ2v) is 7.37. The number of aryl methyl sites for hydroxylation is 2. The lowest BCUT2D eigenvalue weighted by Gasteiger charge is -2.03. The number of thiophene rings is 1. The number of sulfonamides is 1. The van der Waals surface area contributed by atoms with E-state index in [4.69, 9.17) is 0 Å². The topological polar surface area (TPSA) is 58.5 Å². The van der Waals surface area contributed by atoms with Crippen LogP contribution in [0, 0.1) is 0 Å². The van der Waals surface area contributed by atoms with Crippen molar-refractivity contribution in [1.29, 1.82) is 0 Å². The maximum absolute atomic E-state index is 12.1. The fourth-order valence-electron chi connectivity index (χ4n) is 1.77. The van der Waals surface area contributed by atoms with Gasteiger partial charge in [-0.05, 0) is 42.7 Å². The Morgan fingerprint density at radius 1 is 1.10 bits per heavy atom. The van der Waals surface area contributed by atoms with Crippen LogP contribution in [0.2, 0.25) is 0 Å². The zero-order chi connectivity index (χ0) is 15.3. The molecule has 0 radical (unpaired) electrons. The molecule has 0 saturated heterocycles. The van der Waals surface area contributed by atoms with Gasteiger partial charge in [0.2, 0.25) is 0 Å². The number of hydrogen-bond acceptors (Lipinski definition) is 4. The van der Waals surface area contributed by atoms with Crippen molar-refractivity contribution < 1.29 is 8.42 Å². The fraction of sp³-hybridized carbons (Fsp3) is 0.267. The molecule has 0 aliphatic carbocycles. The SMILES string of the molecule is CCc1ccc(S(=O)(=O)N/N=C/c2ccc(CC)s2)cc1. The van der Waals surface area contributed by atoms with E-state index in [9.17, 15) is 8.42 Å². The van der Waals surface area contributed by atoms with Crippen LogP contribution >= 0.6 is 11.3 Å². The Balaban J connectivity index is 2.06. The van der Waals surface area contributed by atoms with Gasteiger partial charge in [0.15, 0.2) is 0 Å². The lowest BCUT2D eigenvalue weighted by Crippen LogP contribution is -2.18. The van der Waals surface area contributed by atoms with Gasteiger partial charge in [-0.15, -0.1) is 11.3 Å². The van der Waals surface area contributed by atoms with Crippen LogP contribution in [0.3, 0.4) is 0 Å². The number of rotatable bonds is 6. The van der Waals surface area contributed by atoms with Crippen LogP contribution in [0.5, 0.6) is 0 Å². The molecule has 0 bridgehead atoms. The molecule has 4 nitrogen and oxygen atoms in total. The predicted octanol–water partition coefficient (Wildman–Crippen LogP) is 3.19. The number of hydrazone groups is 1. The predicted molar refractivity (Wildman–Crippen MR) is 87.4 cm³/mol. The average Bonchev–Trinajstić information content (AvgIpc) is 2.95. The van der Waals surface area contributed by atoms with E-state index in [0.29, 0.717) is 0 Å². The van der Waals surface area contributed by atoms with Crippen LogP contribution in [0.1, 0.15) is 29.2 Å². The van der Waals surface area contributed by atoms with E-state index in [1.165, 1.54) is 11.1 Å². The van der Waals surface area contributed by atoms with Gasteiger partial charge in [0, 0.05) is 9.75 Å². The lowest BCUT2D eigenvalue weighted by molar-refractivity contribution is 0.584. The van der Waals surface area contributed by atoms with Gasteiger partial charge in [-0.2, -0.15) is 13.5 Å². The highest BCUT2D eigenvalue weighted by atomic mass is 32.2. The van der Waals surface area contributed by atoms with E-state index in [2.05, 4.69) is 16.9 Å².